The van der Waals surface area contributed by atoms with E-state index < -0.39 is 11.2 Å². The number of nitrogens with one attached hydrogen (secondary N) is 1. The average Bonchev–Trinajstić information content (AvgIpc) is 3.12. The zero-order valence-electron chi connectivity index (χ0n) is 15.6. The van der Waals surface area contributed by atoms with Crippen LogP contribution >= 0.6 is 0 Å². The van der Waals surface area contributed by atoms with Gasteiger partial charge in [-0.2, -0.15) is 0 Å². The Morgan fingerprint density at radius 1 is 1.18 bits per heavy atom. The third kappa shape index (κ3) is 3.44. The number of benzene rings is 2. The van der Waals surface area contributed by atoms with Gasteiger partial charge in [0.2, 0.25) is 0 Å². The number of carbonyl (C=O) groups excluding carboxylic acids is 1. The molecule has 2 aromatic rings. The summed E-state index contributed by atoms with van der Waals surface area (Å²) in [4.78, 5) is 25.1. The number of non-ortho nitro benzene ring substituents is 1. The van der Waals surface area contributed by atoms with Crippen molar-refractivity contribution in [2.24, 2.45) is 0 Å². The zero-order valence-corrected chi connectivity index (χ0v) is 15.6. The van der Waals surface area contributed by atoms with Gasteiger partial charge in [-0.1, -0.05) is 30.3 Å². The van der Waals surface area contributed by atoms with Crippen LogP contribution in [-0.4, -0.2) is 40.4 Å². The van der Waals surface area contributed by atoms with Gasteiger partial charge in [0.05, 0.1) is 23.2 Å². The largest absolute Gasteiger partial charge is 0.362 e. The standard InChI is InChI=1S/C20H21N3O5/c1-20(2)17(28-20)18-22(16(12-27-18)13-6-4-3-5-7-13)19(24)21-14-8-10-15(11-9-14)23(25)26/h3-11,16-18H,12H2,1-2H3,(H,21,24)/t16-,17+,18+/m1/s1. The molecule has 3 atom stereocenters. The van der Waals surface area contributed by atoms with Crippen molar-refractivity contribution in [1.82, 2.24) is 4.90 Å². The van der Waals surface area contributed by atoms with Crippen molar-refractivity contribution in [3.05, 3.63) is 70.3 Å². The SMILES string of the molecule is CC1(C)O[C@H]1[C@@H]1OC[C@H](c2ccccc2)N1C(=O)Nc1ccc([N+](=O)[O-])cc1. The molecule has 0 aliphatic carbocycles. The van der Waals surface area contributed by atoms with Crippen molar-refractivity contribution >= 4 is 17.4 Å². The number of hydrogen-bond donors (Lipinski definition) is 1. The zero-order chi connectivity index (χ0) is 19.9. The molecule has 2 aliphatic heterocycles. The molecule has 8 heteroatoms. The Kier molecular flexibility index (Phi) is 4.52. The van der Waals surface area contributed by atoms with E-state index in [1.165, 1.54) is 24.3 Å². The van der Waals surface area contributed by atoms with E-state index in [1.807, 2.05) is 44.2 Å². The Balaban J connectivity index is 1.57. The molecule has 2 aliphatic rings. The molecule has 28 heavy (non-hydrogen) atoms. The van der Waals surface area contributed by atoms with Crippen LogP contribution in [0.1, 0.15) is 25.5 Å². The summed E-state index contributed by atoms with van der Waals surface area (Å²) in [6, 6.07) is 14.8. The van der Waals surface area contributed by atoms with Crippen LogP contribution in [0.15, 0.2) is 54.6 Å². The molecule has 0 spiro atoms. The fourth-order valence-corrected chi connectivity index (χ4v) is 3.50. The molecule has 2 amide bonds. The summed E-state index contributed by atoms with van der Waals surface area (Å²) < 4.78 is 11.7. The number of carbonyl (C=O) groups is 1. The van der Waals surface area contributed by atoms with Crippen molar-refractivity contribution in [3.63, 3.8) is 0 Å². The summed E-state index contributed by atoms with van der Waals surface area (Å²) in [6.45, 7) is 4.30. The molecule has 2 aromatic carbocycles. The van der Waals surface area contributed by atoms with Crippen LogP contribution < -0.4 is 5.32 Å². The molecule has 0 unspecified atom stereocenters. The molecule has 146 valence electrons. The van der Waals surface area contributed by atoms with Gasteiger partial charge < -0.3 is 14.8 Å². The van der Waals surface area contributed by atoms with Gasteiger partial charge >= 0.3 is 6.03 Å². The normalized spacial score (nSPS) is 25.4. The second kappa shape index (κ2) is 6.88. The Morgan fingerprint density at radius 2 is 1.82 bits per heavy atom. The number of nitro benzene ring substituents is 1. The minimum atomic E-state index is -0.502. The molecule has 4 rings (SSSR count). The van der Waals surface area contributed by atoms with E-state index in [9.17, 15) is 14.9 Å². The van der Waals surface area contributed by atoms with Crippen LogP contribution in [0.5, 0.6) is 0 Å². The number of amides is 2. The molecule has 0 bridgehead atoms. The highest BCUT2D eigenvalue weighted by Crippen LogP contribution is 2.45. The lowest BCUT2D eigenvalue weighted by molar-refractivity contribution is -0.384. The Bertz CT molecular complexity index is 884. The number of nitro groups is 1. The summed E-state index contributed by atoms with van der Waals surface area (Å²) in [5.74, 6) is 0. The molecule has 2 heterocycles. The van der Waals surface area contributed by atoms with Crippen LogP contribution in [0, 0.1) is 10.1 Å². The van der Waals surface area contributed by atoms with Crippen molar-refractivity contribution in [3.8, 4) is 0 Å². The van der Waals surface area contributed by atoms with E-state index in [1.54, 1.807) is 4.90 Å². The van der Waals surface area contributed by atoms with E-state index in [-0.39, 0.29) is 29.5 Å². The lowest BCUT2D eigenvalue weighted by Crippen LogP contribution is -2.44. The number of epoxide rings is 1. The van der Waals surface area contributed by atoms with E-state index in [2.05, 4.69) is 5.32 Å². The Hall–Kier alpha value is -2.97. The second-order valence-corrected chi connectivity index (χ2v) is 7.43. The summed E-state index contributed by atoms with van der Waals surface area (Å²) in [7, 11) is 0. The van der Waals surface area contributed by atoms with E-state index in [4.69, 9.17) is 9.47 Å². The van der Waals surface area contributed by atoms with E-state index >= 15 is 0 Å². The van der Waals surface area contributed by atoms with Crippen LogP contribution in [0.3, 0.4) is 0 Å². The fraction of sp³-hybridized carbons (Fsp3) is 0.350. The molecule has 0 aromatic heterocycles. The number of hydrogen-bond acceptors (Lipinski definition) is 5. The lowest BCUT2D eigenvalue weighted by Gasteiger charge is -2.28. The topological polar surface area (TPSA) is 97.2 Å². The molecule has 0 radical (unpaired) electrons. The predicted octanol–water partition coefficient (Wildman–Crippen LogP) is 3.70. The molecule has 1 N–H and O–H groups in total. The van der Waals surface area contributed by atoms with Crippen molar-refractivity contribution < 1.29 is 19.2 Å². The molecular weight excluding hydrogens is 362 g/mol. The molecular formula is C20H21N3O5. The number of urea groups is 1. The molecule has 2 saturated heterocycles. The first-order chi connectivity index (χ1) is 13.4. The highest BCUT2D eigenvalue weighted by molar-refractivity contribution is 5.90. The smallest absolute Gasteiger partial charge is 0.324 e. The van der Waals surface area contributed by atoms with Gasteiger partial charge in [0.15, 0.2) is 6.23 Å². The van der Waals surface area contributed by atoms with Gasteiger partial charge in [-0.25, -0.2) is 4.79 Å². The highest BCUT2D eigenvalue weighted by Gasteiger charge is 2.59. The van der Waals surface area contributed by atoms with Gasteiger partial charge in [-0.15, -0.1) is 0 Å². The quantitative estimate of drug-likeness (QED) is 0.493. The summed E-state index contributed by atoms with van der Waals surface area (Å²) in [5, 5.41) is 13.6. The third-order valence-corrected chi connectivity index (χ3v) is 5.10. The van der Waals surface area contributed by atoms with Gasteiger partial charge in [0.25, 0.3) is 5.69 Å². The van der Waals surface area contributed by atoms with E-state index in [0.29, 0.717) is 12.3 Å². The fourth-order valence-electron chi connectivity index (χ4n) is 3.50. The lowest BCUT2D eigenvalue weighted by atomic mass is 10.1. The van der Waals surface area contributed by atoms with E-state index in [0.717, 1.165) is 5.56 Å². The third-order valence-electron chi connectivity index (χ3n) is 5.10. The minimum Gasteiger partial charge on any atom is -0.362 e. The van der Waals surface area contributed by atoms with Crippen molar-refractivity contribution in [1.29, 1.82) is 0 Å². The summed E-state index contributed by atoms with van der Waals surface area (Å²) >= 11 is 0. The number of nitrogens with zero attached hydrogens (tertiary/aromatic N) is 2. The number of ether oxygens (including phenoxy) is 2. The molecule has 2 fully saturated rings. The highest BCUT2D eigenvalue weighted by atomic mass is 16.6. The first-order valence-corrected chi connectivity index (χ1v) is 9.05. The van der Waals surface area contributed by atoms with Crippen LogP contribution in [-0.2, 0) is 9.47 Å². The first kappa shape index (κ1) is 18.4. The maximum Gasteiger partial charge on any atom is 0.324 e. The summed E-state index contributed by atoms with van der Waals surface area (Å²) in [5.41, 5.74) is 1.07. The van der Waals surface area contributed by atoms with Crippen molar-refractivity contribution in [2.75, 3.05) is 11.9 Å². The first-order valence-electron chi connectivity index (χ1n) is 9.05. The van der Waals surface area contributed by atoms with Crippen LogP contribution in [0.2, 0.25) is 0 Å². The Morgan fingerprint density at radius 3 is 2.39 bits per heavy atom. The Labute approximate surface area is 162 Å². The van der Waals surface area contributed by atoms with Gasteiger partial charge in [-0.3, -0.25) is 15.0 Å². The number of rotatable bonds is 4. The maximum atomic E-state index is 13.1. The van der Waals surface area contributed by atoms with Crippen molar-refractivity contribution in [2.45, 2.75) is 37.8 Å². The number of anilines is 1. The predicted molar refractivity (Wildman–Crippen MR) is 102 cm³/mol. The summed E-state index contributed by atoms with van der Waals surface area (Å²) in [6.07, 6.45) is -0.706. The minimum absolute atomic E-state index is 0.0318. The maximum absolute atomic E-state index is 13.1. The van der Waals surface area contributed by atoms with Crippen LogP contribution in [0.25, 0.3) is 0 Å². The van der Waals surface area contributed by atoms with Crippen LogP contribution in [0.4, 0.5) is 16.2 Å². The molecule has 0 saturated carbocycles. The monoisotopic (exact) mass is 383 g/mol. The van der Waals surface area contributed by atoms with Gasteiger partial charge in [0.1, 0.15) is 6.10 Å². The molecule has 8 nitrogen and oxygen atoms in total. The van der Waals surface area contributed by atoms with Gasteiger partial charge in [-0.05, 0) is 31.5 Å². The second-order valence-electron chi connectivity index (χ2n) is 7.43. The average molecular weight is 383 g/mol. The van der Waals surface area contributed by atoms with Gasteiger partial charge in [0, 0.05) is 17.8 Å².